The van der Waals surface area contributed by atoms with E-state index >= 15 is 0 Å². The minimum Gasteiger partial charge on any atom is -0.480 e. The highest BCUT2D eigenvalue weighted by atomic mass is 32.2. The molecule has 8 heteroatoms. The zero-order chi connectivity index (χ0) is 17.7. The average Bonchev–Trinajstić information content (AvgIpc) is 2.58. The van der Waals surface area contributed by atoms with E-state index < -0.39 is 24.0 Å². The number of carbonyl (C=O) groups is 2. The van der Waals surface area contributed by atoms with E-state index in [0.717, 1.165) is 0 Å². The number of carbonyl (C=O) groups excluding carboxylic acids is 1. The molecule has 0 aliphatic rings. The predicted octanol–water partition coefficient (Wildman–Crippen LogP) is 1.28. The van der Waals surface area contributed by atoms with Crippen molar-refractivity contribution in [1.29, 1.82) is 0 Å². The highest BCUT2D eigenvalue weighted by Crippen LogP contribution is 2.09. The smallest absolute Gasteiger partial charge is 0.326 e. The molecule has 2 unspecified atom stereocenters. The molecule has 128 valence electrons. The summed E-state index contributed by atoms with van der Waals surface area (Å²) in [6.07, 6.45) is 3.50. The summed E-state index contributed by atoms with van der Waals surface area (Å²) in [5.74, 6) is -1.00. The van der Waals surface area contributed by atoms with E-state index in [1.54, 1.807) is 31.2 Å². The van der Waals surface area contributed by atoms with Crippen LogP contribution in [0, 0.1) is 0 Å². The van der Waals surface area contributed by atoms with Crippen LogP contribution in [0.5, 0.6) is 0 Å². The molecule has 2 aromatic rings. The number of nitrogens with one attached hydrogen (secondary N) is 1. The number of para-hydroxylation sites is 1. The average molecular weight is 349 g/mol. The fraction of sp³-hybridized carbons (Fsp3) is 0.375. The molecule has 1 heterocycles. The summed E-state index contributed by atoms with van der Waals surface area (Å²) in [6.45, 7) is 1.54. The standard InChI is InChI=1S/C16H19N3O4S/c1-10(14(20)18-13(16(22)23)7-8-24-2)19-9-17-12-6-4-3-5-11(12)15(19)21/h3-6,9-10,13H,7-8H2,1-2H3,(H,18,20)(H,22,23). The number of amides is 1. The second kappa shape index (κ2) is 7.96. The Hall–Kier alpha value is -2.35. The van der Waals surface area contributed by atoms with Crippen LogP contribution >= 0.6 is 11.8 Å². The number of carboxylic acid groups (broad SMARTS) is 1. The van der Waals surface area contributed by atoms with Gasteiger partial charge in [0.25, 0.3) is 5.56 Å². The zero-order valence-corrected chi connectivity index (χ0v) is 14.2. The quantitative estimate of drug-likeness (QED) is 0.781. The van der Waals surface area contributed by atoms with Crippen LogP contribution in [0.15, 0.2) is 35.4 Å². The molecule has 1 aromatic carbocycles. The Bertz CT molecular complexity index is 805. The van der Waals surface area contributed by atoms with Crippen LogP contribution in [0.25, 0.3) is 10.9 Å². The molecule has 0 aliphatic heterocycles. The van der Waals surface area contributed by atoms with Crippen LogP contribution in [0.4, 0.5) is 0 Å². The van der Waals surface area contributed by atoms with Crippen molar-refractivity contribution < 1.29 is 14.7 Å². The highest BCUT2D eigenvalue weighted by Gasteiger charge is 2.24. The van der Waals surface area contributed by atoms with Crippen LogP contribution in [-0.4, -0.2) is 44.6 Å². The molecule has 24 heavy (non-hydrogen) atoms. The Labute approximate surface area is 143 Å². The summed E-state index contributed by atoms with van der Waals surface area (Å²) in [6, 6.07) is 5.03. The summed E-state index contributed by atoms with van der Waals surface area (Å²) < 4.78 is 1.21. The highest BCUT2D eigenvalue weighted by molar-refractivity contribution is 7.98. The Morgan fingerprint density at radius 1 is 1.38 bits per heavy atom. The first-order valence-electron chi connectivity index (χ1n) is 7.43. The van der Waals surface area contributed by atoms with Crippen molar-refractivity contribution >= 4 is 34.5 Å². The van der Waals surface area contributed by atoms with E-state index in [2.05, 4.69) is 10.3 Å². The van der Waals surface area contributed by atoms with Gasteiger partial charge in [0.05, 0.1) is 17.2 Å². The van der Waals surface area contributed by atoms with E-state index in [1.807, 2.05) is 6.26 Å². The molecule has 2 atom stereocenters. The SMILES string of the molecule is CSCCC(NC(=O)C(C)n1cnc2ccccc2c1=O)C(=O)O. The van der Waals surface area contributed by atoms with Crippen LogP contribution in [0.1, 0.15) is 19.4 Å². The second-order valence-electron chi connectivity index (χ2n) is 5.33. The predicted molar refractivity (Wildman–Crippen MR) is 93.3 cm³/mol. The molecule has 0 spiro atoms. The molecule has 0 aliphatic carbocycles. The van der Waals surface area contributed by atoms with Crippen LogP contribution in [-0.2, 0) is 9.59 Å². The summed E-state index contributed by atoms with van der Waals surface area (Å²) in [5, 5.41) is 12.1. The van der Waals surface area contributed by atoms with E-state index in [-0.39, 0.29) is 5.56 Å². The Morgan fingerprint density at radius 3 is 2.75 bits per heavy atom. The first-order valence-corrected chi connectivity index (χ1v) is 8.83. The number of carboxylic acids is 1. The monoisotopic (exact) mass is 349 g/mol. The number of thioether (sulfide) groups is 1. The van der Waals surface area contributed by atoms with Gasteiger partial charge >= 0.3 is 5.97 Å². The van der Waals surface area contributed by atoms with Gasteiger partial charge in [-0.2, -0.15) is 11.8 Å². The maximum Gasteiger partial charge on any atom is 0.326 e. The fourth-order valence-corrected chi connectivity index (χ4v) is 2.74. The van der Waals surface area contributed by atoms with Gasteiger partial charge in [-0.1, -0.05) is 12.1 Å². The van der Waals surface area contributed by atoms with Gasteiger partial charge in [0.2, 0.25) is 5.91 Å². The van der Waals surface area contributed by atoms with Crippen LogP contribution < -0.4 is 10.9 Å². The van der Waals surface area contributed by atoms with Gasteiger partial charge in [-0.15, -0.1) is 0 Å². The maximum atomic E-state index is 12.5. The summed E-state index contributed by atoms with van der Waals surface area (Å²) >= 11 is 1.50. The summed E-state index contributed by atoms with van der Waals surface area (Å²) in [4.78, 5) is 40.2. The number of benzene rings is 1. The molecule has 1 aromatic heterocycles. The lowest BCUT2D eigenvalue weighted by Gasteiger charge is -2.19. The molecule has 1 amide bonds. The van der Waals surface area contributed by atoms with Crippen molar-refractivity contribution in [1.82, 2.24) is 14.9 Å². The van der Waals surface area contributed by atoms with Gasteiger partial charge in [-0.25, -0.2) is 9.78 Å². The minimum atomic E-state index is -1.09. The van der Waals surface area contributed by atoms with Gasteiger partial charge in [0.15, 0.2) is 0 Å². The third kappa shape index (κ3) is 3.94. The zero-order valence-electron chi connectivity index (χ0n) is 13.4. The van der Waals surface area contributed by atoms with Crippen molar-refractivity contribution in [2.24, 2.45) is 0 Å². The lowest BCUT2D eigenvalue weighted by Crippen LogP contribution is -2.45. The number of rotatable bonds is 7. The molecule has 2 N–H and O–H groups in total. The molecule has 0 saturated heterocycles. The molecule has 7 nitrogen and oxygen atoms in total. The molecule has 0 radical (unpaired) electrons. The number of fused-ring (bicyclic) bond motifs is 1. The third-order valence-electron chi connectivity index (χ3n) is 3.71. The Kier molecular flexibility index (Phi) is 5.97. The first kappa shape index (κ1) is 18.0. The van der Waals surface area contributed by atoms with E-state index in [4.69, 9.17) is 0 Å². The second-order valence-corrected chi connectivity index (χ2v) is 6.32. The molecule has 0 bridgehead atoms. The Balaban J connectivity index is 2.23. The van der Waals surface area contributed by atoms with Gasteiger partial charge in [-0.3, -0.25) is 14.2 Å². The van der Waals surface area contributed by atoms with Crippen molar-refractivity contribution in [3.63, 3.8) is 0 Å². The van der Waals surface area contributed by atoms with Crippen LogP contribution in [0.2, 0.25) is 0 Å². The third-order valence-corrected chi connectivity index (χ3v) is 4.36. The number of hydrogen-bond acceptors (Lipinski definition) is 5. The van der Waals surface area contributed by atoms with Crippen LogP contribution in [0.3, 0.4) is 0 Å². The molecular weight excluding hydrogens is 330 g/mol. The van der Waals surface area contributed by atoms with Crippen molar-refractivity contribution in [2.75, 3.05) is 12.0 Å². The van der Waals surface area contributed by atoms with Gasteiger partial charge in [0, 0.05) is 0 Å². The summed E-state index contributed by atoms with van der Waals surface area (Å²) in [7, 11) is 0. The van der Waals surface area contributed by atoms with E-state index in [0.29, 0.717) is 23.1 Å². The van der Waals surface area contributed by atoms with E-state index in [1.165, 1.54) is 22.7 Å². The molecule has 2 rings (SSSR count). The van der Waals surface area contributed by atoms with Gasteiger partial charge < -0.3 is 10.4 Å². The minimum absolute atomic E-state index is 0.319. The summed E-state index contributed by atoms with van der Waals surface area (Å²) in [5.41, 5.74) is 0.217. The number of aliphatic carboxylic acids is 1. The van der Waals surface area contributed by atoms with Crippen molar-refractivity contribution in [2.45, 2.75) is 25.4 Å². The first-order chi connectivity index (χ1) is 11.5. The topological polar surface area (TPSA) is 101 Å². The van der Waals surface area contributed by atoms with Gasteiger partial charge in [0.1, 0.15) is 12.1 Å². The number of hydrogen-bond donors (Lipinski definition) is 2. The maximum absolute atomic E-state index is 12.5. The Morgan fingerprint density at radius 2 is 2.08 bits per heavy atom. The lowest BCUT2D eigenvalue weighted by molar-refractivity contribution is -0.142. The normalized spacial score (nSPS) is 13.4. The van der Waals surface area contributed by atoms with Crippen molar-refractivity contribution in [3.8, 4) is 0 Å². The number of nitrogens with zero attached hydrogens (tertiary/aromatic N) is 2. The largest absolute Gasteiger partial charge is 0.480 e. The van der Waals surface area contributed by atoms with E-state index in [9.17, 15) is 19.5 Å². The lowest BCUT2D eigenvalue weighted by atomic mass is 10.2. The number of aromatic nitrogens is 2. The molecular formula is C16H19N3O4S. The molecule has 0 fully saturated rings. The molecule has 0 saturated carbocycles. The fourth-order valence-electron chi connectivity index (χ4n) is 2.27. The van der Waals surface area contributed by atoms with Gasteiger partial charge in [-0.05, 0) is 37.5 Å². The van der Waals surface area contributed by atoms with Crippen molar-refractivity contribution in [3.05, 3.63) is 40.9 Å².